The van der Waals surface area contributed by atoms with Gasteiger partial charge in [-0.1, -0.05) is 6.92 Å². The van der Waals surface area contributed by atoms with Gasteiger partial charge in [0, 0.05) is 11.4 Å². The standard InChI is InChI=1S/C11H17NO2S/c1-4-11(3,14)7-12-10(13)9-6-5-8(2)15-9/h5-6,14H,4,7H2,1-3H3,(H,12,13). The maximum absolute atomic E-state index is 11.6. The van der Waals surface area contributed by atoms with Crippen molar-refractivity contribution in [2.24, 2.45) is 0 Å². The molecule has 1 amide bonds. The van der Waals surface area contributed by atoms with E-state index in [4.69, 9.17) is 0 Å². The van der Waals surface area contributed by atoms with Crippen LogP contribution in [-0.4, -0.2) is 23.2 Å². The second kappa shape index (κ2) is 4.77. The van der Waals surface area contributed by atoms with Crippen molar-refractivity contribution in [3.05, 3.63) is 21.9 Å². The van der Waals surface area contributed by atoms with Crippen molar-refractivity contribution >= 4 is 17.2 Å². The highest BCUT2D eigenvalue weighted by Crippen LogP contribution is 2.15. The molecule has 0 saturated carbocycles. The summed E-state index contributed by atoms with van der Waals surface area (Å²) in [5.41, 5.74) is -0.817. The van der Waals surface area contributed by atoms with Crippen LogP contribution < -0.4 is 5.32 Å². The molecule has 0 aliphatic heterocycles. The largest absolute Gasteiger partial charge is 0.388 e. The molecule has 1 atom stereocenters. The van der Waals surface area contributed by atoms with E-state index in [1.165, 1.54) is 11.3 Å². The van der Waals surface area contributed by atoms with Crippen LogP contribution in [0.25, 0.3) is 0 Å². The van der Waals surface area contributed by atoms with E-state index in [1.807, 2.05) is 19.9 Å². The van der Waals surface area contributed by atoms with Crippen LogP contribution in [0.1, 0.15) is 34.8 Å². The highest BCUT2D eigenvalue weighted by atomic mass is 32.1. The molecule has 1 rings (SSSR count). The average Bonchev–Trinajstić information content (AvgIpc) is 2.61. The van der Waals surface area contributed by atoms with E-state index < -0.39 is 5.60 Å². The Morgan fingerprint density at radius 1 is 1.60 bits per heavy atom. The van der Waals surface area contributed by atoms with Gasteiger partial charge in [-0.25, -0.2) is 0 Å². The van der Waals surface area contributed by atoms with Crippen LogP contribution in [0.3, 0.4) is 0 Å². The number of nitrogens with one attached hydrogen (secondary N) is 1. The molecule has 0 aliphatic rings. The first kappa shape index (κ1) is 12.2. The smallest absolute Gasteiger partial charge is 0.261 e. The second-order valence-electron chi connectivity index (χ2n) is 3.94. The third kappa shape index (κ3) is 3.64. The highest BCUT2D eigenvalue weighted by molar-refractivity contribution is 7.13. The second-order valence-corrected chi connectivity index (χ2v) is 5.23. The molecule has 2 N–H and O–H groups in total. The zero-order valence-corrected chi connectivity index (χ0v) is 10.1. The fourth-order valence-corrected chi connectivity index (χ4v) is 1.82. The van der Waals surface area contributed by atoms with Gasteiger partial charge in [0.05, 0.1) is 10.5 Å². The van der Waals surface area contributed by atoms with Crippen LogP contribution >= 0.6 is 11.3 Å². The minimum absolute atomic E-state index is 0.109. The SMILES string of the molecule is CCC(C)(O)CNC(=O)c1ccc(C)s1. The van der Waals surface area contributed by atoms with Crippen molar-refractivity contribution in [2.75, 3.05) is 6.54 Å². The van der Waals surface area contributed by atoms with Gasteiger partial charge in [0.2, 0.25) is 0 Å². The van der Waals surface area contributed by atoms with Crippen LogP contribution in [0.4, 0.5) is 0 Å². The Morgan fingerprint density at radius 2 is 2.27 bits per heavy atom. The van der Waals surface area contributed by atoms with E-state index in [0.29, 0.717) is 17.8 Å². The van der Waals surface area contributed by atoms with Gasteiger partial charge in [-0.15, -0.1) is 11.3 Å². The molecule has 0 bridgehead atoms. The topological polar surface area (TPSA) is 49.3 Å². The average molecular weight is 227 g/mol. The molecule has 15 heavy (non-hydrogen) atoms. The van der Waals surface area contributed by atoms with Crippen LogP contribution in [0, 0.1) is 6.92 Å². The van der Waals surface area contributed by atoms with Crippen molar-refractivity contribution < 1.29 is 9.90 Å². The van der Waals surface area contributed by atoms with E-state index in [-0.39, 0.29) is 5.91 Å². The Kier molecular flexibility index (Phi) is 3.88. The molecule has 0 spiro atoms. The van der Waals surface area contributed by atoms with E-state index in [1.54, 1.807) is 13.0 Å². The molecule has 0 saturated heterocycles. The lowest BCUT2D eigenvalue weighted by atomic mass is 10.0. The minimum atomic E-state index is -0.817. The third-order valence-electron chi connectivity index (χ3n) is 2.36. The van der Waals surface area contributed by atoms with Gasteiger partial charge in [0.25, 0.3) is 5.91 Å². The zero-order chi connectivity index (χ0) is 11.5. The van der Waals surface area contributed by atoms with Crippen LogP contribution in [0.5, 0.6) is 0 Å². The summed E-state index contributed by atoms with van der Waals surface area (Å²) in [6.45, 7) is 5.86. The summed E-state index contributed by atoms with van der Waals surface area (Å²) in [5, 5.41) is 12.4. The van der Waals surface area contributed by atoms with Gasteiger partial charge < -0.3 is 10.4 Å². The summed E-state index contributed by atoms with van der Waals surface area (Å²) in [4.78, 5) is 13.4. The molecule has 1 unspecified atom stereocenters. The zero-order valence-electron chi connectivity index (χ0n) is 9.33. The van der Waals surface area contributed by atoms with Crippen molar-refractivity contribution in [3.63, 3.8) is 0 Å². The lowest BCUT2D eigenvalue weighted by molar-refractivity contribution is 0.0519. The highest BCUT2D eigenvalue weighted by Gasteiger charge is 2.19. The number of hydrogen-bond donors (Lipinski definition) is 2. The van der Waals surface area contributed by atoms with Crippen LogP contribution in [0.2, 0.25) is 0 Å². The molecule has 4 heteroatoms. The molecule has 3 nitrogen and oxygen atoms in total. The van der Waals surface area contributed by atoms with Gasteiger partial charge in [0.15, 0.2) is 0 Å². The number of amides is 1. The number of thiophene rings is 1. The van der Waals surface area contributed by atoms with E-state index in [0.717, 1.165) is 4.88 Å². The maximum Gasteiger partial charge on any atom is 0.261 e. The van der Waals surface area contributed by atoms with Gasteiger partial charge in [0.1, 0.15) is 0 Å². The van der Waals surface area contributed by atoms with Crippen LogP contribution in [-0.2, 0) is 0 Å². The normalized spacial score (nSPS) is 14.7. The van der Waals surface area contributed by atoms with Gasteiger partial charge >= 0.3 is 0 Å². The number of hydrogen-bond acceptors (Lipinski definition) is 3. The first-order valence-corrected chi connectivity index (χ1v) is 5.83. The number of rotatable bonds is 4. The minimum Gasteiger partial charge on any atom is -0.388 e. The maximum atomic E-state index is 11.6. The van der Waals surface area contributed by atoms with Crippen molar-refractivity contribution in [1.82, 2.24) is 5.32 Å². The van der Waals surface area contributed by atoms with E-state index in [2.05, 4.69) is 5.32 Å². The number of aliphatic hydroxyl groups is 1. The Morgan fingerprint density at radius 3 is 2.73 bits per heavy atom. The molecule has 1 heterocycles. The first-order chi connectivity index (χ1) is 6.94. The Hall–Kier alpha value is -0.870. The lowest BCUT2D eigenvalue weighted by Crippen LogP contribution is -2.39. The molecule has 1 aromatic rings. The molecular formula is C11H17NO2S. The van der Waals surface area contributed by atoms with Crippen LogP contribution in [0.15, 0.2) is 12.1 Å². The Labute approximate surface area is 94.1 Å². The quantitative estimate of drug-likeness (QED) is 0.826. The van der Waals surface area contributed by atoms with Gasteiger partial charge in [-0.3, -0.25) is 4.79 Å². The predicted octanol–water partition coefficient (Wildman–Crippen LogP) is 1.95. The van der Waals surface area contributed by atoms with Crippen molar-refractivity contribution in [1.29, 1.82) is 0 Å². The molecule has 0 radical (unpaired) electrons. The first-order valence-electron chi connectivity index (χ1n) is 5.01. The van der Waals surface area contributed by atoms with Gasteiger partial charge in [-0.2, -0.15) is 0 Å². The summed E-state index contributed by atoms with van der Waals surface area (Å²) in [7, 11) is 0. The molecule has 84 valence electrons. The Bertz CT molecular complexity index is 344. The summed E-state index contributed by atoms with van der Waals surface area (Å²) >= 11 is 1.46. The molecule has 0 aliphatic carbocycles. The fraction of sp³-hybridized carbons (Fsp3) is 0.545. The van der Waals surface area contributed by atoms with Gasteiger partial charge in [-0.05, 0) is 32.4 Å². The Balaban J connectivity index is 2.50. The monoisotopic (exact) mass is 227 g/mol. The molecular weight excluding hydrogens is 210 g/mol. The summed E-state index contributed by atoms with van der Waals surface area (Å²) in [6, 6.07) is 3.72. The summed E-state index contributed by atoms with van der Waals surface area (Å²) in [5.74, 6) is -0.109. The molecule has 0 aromatic carbocycles. The van der Waals surface area contributed by atoms with Crippen molar-refractivity contribution in [3.8, 4) is 0 Å². The number of aryl methyl sites for hydroxylation is 1. The number of carbonyl (C=O) groups excluding carboxylic acids is 1. The fourth-order valence-electron chi connectivity index (χ4n) is 1.04. The summed E-state index contributed by atoms with van der Waals surface area (Å²) in [6.07, 6.45) is 0.622. The molecule has 0 fully saturated rings. The lowest BCUT2D eigenvalue weighted by Gasteiger charge is -2.21. The van der Waals surface area contributed by atoms with Crippen molar-refractivity contribution in [2.45, 2.75) is 32.8 Å². The molecule has 1 aromatic heterocycles. The number of carbonyl (C=O) groups is 1. The van der Waals surface area contributed by atoms with E-state index in [9.17, 15) is 9.90 Å². The van der Waals surface area contributed by atoms with E-state index >= 15 is 0 Å². The predicted molar refractivity (Wildman–Crippen MR) is 62.3 cm³/mol. The summed E-state index contributed by atoms with van der Waals surface area (Å²) < 4.78 is 0. The third-order valence-corrected chi connectivity index (χ3v) is 3.36.